The third-order valence-corrected chi connectivity index (χ3v) is 3.20. The summed E-state index contributed by atoms with van der Waals surface area (Å²) in [6.07, 6.45) is 2.31. The van der Waals surface area contributed by atoms with Crippen molar-refractivity contribution in [1.82, 2.24) is 9.88 Å². The van der Waals surface area contributed by atoms with Gasteiger partial charge in [0.05, 0.1) is 18.4 Å². The van der Waals surface area contributed by atoms with E-state index in [1.165, 1.54) is 0 Å². The molecule has 0 saturated carbocycles. The smallest absolute Gasteiger partial charge is 0.0635 e. The van der Waals surface area contributed by atoms with Gasteiger partial charge in [0.1, 0.15) is 0 Å². The topological polar surface area (TPSA) is 75.2 Å². The van der Waals surface area contributed by atoms with E-state index in [4.69, 9.17) is 15.7 Å². The van der Waals surface area contributed by atoms with Crippen LogP contribution in [-0.4, -0.2) is 36.7 Å². The summed E-state index contributed by atoms with van der Waals surface area (Å²) >= 11 is 0. The van der Waals surface area contributed by atoms with Gasteiger partial charge in [-0.05, 0) is 25.0 Å². The van der Waals surface area contributed by atoms with Gasteiger partial charge in [0, 0.05) is 45.0 Å². The molecule has 0 bridgehead atoms. The molecule has 2 N–H and O–H groups in total. The Hall–Kier alpha value is -1.64. The molecule has 0 aliphatic heterocycles. The molecule has 0 aromatic carbocycles. The minimum Gasteiger partial charge on any atom is -0.398 e. The van der Waals surface area contributed by atoms with E-state index in [-0.39, 0.29) is 0 Å². The fourth-order valence-electron chi connectivity index (χ4n) is 1.86. The maximum absolute atomic E-state index is 8.70. The van der Waals surface area contributed by atoms with Gasteiger partial charge in [-0.15, -0.1) is 0 Å². The van der Waals surface area contributed by atoms with Crippen molar-refractivity contribution < 1.29 is 4.74 Å². The third-order valence-electron chi connectivity index (χ3n) is 3.20. The second-order valence-electron chi connectivity index (χ2n) is 4.60. The van der Waals surface area contributed by atoms with E-state index in [0.717, 1.165) is 35.6 Å². The molecule has 0 unspecified atom stereocenters. The second-order valence-corrected chi connectivity index (χ2v) is 4.60. The largest absolute Gasteiger partial charge is 0.398 e. The molecule has 5 heteroatoms. The molecule has 1 rings (SSSR count). The Balaban J connectivity index is 2.78. The molecule has 19 heavy (non-hydrogen) atoms. The molecule has 0 radical (unpaired) electrons. The average molecular weight is 262 g/mol. The molecule has 0 atom stereocenters. The molecular weight excluding hydrogens is 240 g/mol. The van der Waals surface area contributed by atoms with Crippen LogP contribution in [0.3, 0.4) is 0 Å². The zero-order chi connectivity index (χ0) is 14.3. The number of ether oxygens (including phenoxy) is 1. The van der Waals surface area contributed by atoms with Gasteiger partial charge in [-0.3, -0.25) is 9.88 Å². The normalized spacial score (nSPS) is 10.7. The zero-order valence-corrected chi connectivity index (χ0v) is 11.9. The van der Waals surface area contributed by atoms with Gasteiger partial charge < -0.3 is 10.5 Å². The standard InChI is InChI=1S/C14H22N4O/c1-11-9-17-13(12(2)14(11)16)10-18(6-4-5-15)7-8-19-3/h9H,4,6-8,10H2,1-3H3,(H2,16,17). The summed E-state index contributed by atoms with van der Waals surface area (Å²) in [5.41, 5.74) is 9.82. The molecular formula is C14H22N4O. The number of aryl methyl sites for hydroxylation is 1. The summed E-state index contributed by atoms with van der Waals surface area (Å²) in [7, 11) is 1.68. The second kappa shape index (κ2) is 7.72. The first kappa shape index (κ1) is 15.4. The van der Waals surface area contributed by atoms with Crippen molar-refractivity contribution in [2.24, 2.45) is 0 Å². The van der Waals surface area contributed by atoms with Crippen molar-refractivity contribution in [2.75, 3.05) is 32.5 Å². The Morgan fingerprint density at radius 3 is 2.79 bits per heavy atom. The summed E-state index contributed by atoms with van der Waals surface area (Å²) in [5.74, 6) is 0. The lowest BCUT2D eigenvalue weighted by Gasteiger charge is -2.21. The molecule has 0 aliphatic rings. The highest BCUT2D eigenvalue weighted by Gasteiger charge is 2.11. The first-order chi connectivity index (χ1) is 9.10. The van der Waals surface area contributed by atoms with E-state index < -0.39 is 0 Å². The number of hydrogen-bond donors (Lipinski definition) is 1. The van der Waals surface area contributed by atoms with E-state index >= 15 is 0 Å². The van der Waals surface area contributed by atoms with Gasteiger partial charge >= 0.3 is 0 Å². The summed E-state index contributed by atoms with van der Waals surface area (Å²) in [6.45, 7) is 6.79. The summed E-state index contributed by atoms with van der Waals surface area (Å²) in [6, 6.07) is 2.17. The summed E-state index contributed by atoms with van der Waals surface area (Å²) in [5, 5.41) is 8.70. The predicted octanol–water partition coefficient (Wildman–Crippen LogP) is 1.64. The van der Waals surface area contributed by atoms with E-state index in [1.54, 1.807) is 13.3 Å². The van der Waals surface area contributed by atoms with E-state index in [2.05, 4.69) is 16.0 Å². The van der Waals surface area contributed by atoms with Crippen LogP contribution in [0.15, 0.2) is 6.20 Å². The van der Waals surface area contributed by atoms with Crippen molar-refractivity contribution in [2.45, 2.75) is 26.8 Å². The molecule has 1 heterocycles. The van der Waals surface area contributed by atoms with Crippen LogP contribution in [-0.2, 0) is 11.3 Å². The summed E-state index contributed by atoms with van der Waals surface area (Å²) in [4.78, 5) is 6.61. The van der Waals surface area contributed by atoms with Crippen molar-refractivity contribution in [3.63, 3.8) is 0 Å². The molecule has 0 spiro atoms. The number of methoxy groups -OCH3 is 1. The molecule has 0 aliphatic carbocycles. The number of hydrogen-bond acceptors (Lipinski definition) is 5. The van der Waals surface area contributed by atoms with Crippen molar-refractivity contribution >= 4 is 5.69 Å². The highest BCUT2D eigenvalue weighted by atomic mass is 16.5. The van der Waals surface area contributed by atoms with Crippen LogP contribution >= 0.6 is 0 Å². The van der Waals surface area contributed by atoms with Crippen LogP contribution in [0.5, 0.6) is 0 Å². The quantitative estimate of drug-likeness (QED) is 0.808. The first-order valence-corrected chi connectivity index (χ1v) is 6.39. The van der Waals surface area contributed by atoms with Crippen LogP contribution in [0.1, 0.15) is 23.2 Å². The Labute approximate surface area is 115 Å². The highest BCUT2D eigenvalue weighted by Crippen LogP contribution is 2.19. The van der Waals surface area contributed by atoms with Crippen molar-refractivity contribution in [3.05, 3.63) is 23.0 Å². The number of nitrogen functional groups attached to an aromatic ring is 1. The average Bonchev–Trinajstić information content (AvgIpc) is 2.42. The maximum Gasteiger partial charge on any atom is 0.0635 e. The Kier molecular flexibility index (Phi) is 6.26. The van der Waals surface area contributed by atoms with Crippen LogP contribution in [0.4, 0.5) is 5.69 Å². The van der Waals surface area contributed by atoms with Crippen LogP contribution in [0.25, 0.3) is 0 Å². The molecule has 0 fully saturated rings. The highest BCUT2D eigenvalue weighted by molar-refractivity contribution is 5.53. The van der Waals surface area contributed by atoms with Crippen LogP contribution in [0.2, 0.25) is 0 Å². The van der Waals surface area contributed by atoms with Gasteiger partial charge in [-0.2, -0.15) is 5.26 Å². The predicted molar refractivity (Wildman–Crippen MR) is 75.5 cm³/mol. The number of nitrogens with zero attached hydrogens (tertiary/aromatic N) is 3. The van der Waals surface area contributed by atoms with E-state index in [9.17, 15) is 0 Å². The molecule has 5 nitrogen and oxygen atoms in total. The zero-order valence-electron chi connectivity index (χ0n) is 11.9. The monoisotopic (exact) mass is 262 g/mol. The Bertz CT molecular complexity index is 453. The van der Waals surface area contributed by atoms with Gasteiger partial charge in [-0.25, -0.2) is 0 Å². The van der Waals surface area contributed by atoms with E-state index in [0.29, 0.717) is 19.6 Å². The van der Waals surface area contributed by atoms with E-state index in [1.807, 2.05) is 13.8 Å². The van der Waals surface area contributed by atoms with Gasteiger partial charge in [0.25, 0.3) is 0 Å². The Morgan fingerprint density at radius 1 is 1.42 bits per heavy atom. The maximum atomic E-state index is 8.70. The van der Waals surface area contributed by atoms with Gasteiger partial charge in [0.15, 0.2) is 0 Å². The molecule has 104 valence electrons. The number of nitriles is 1. The number of aromatic nitrogens is 1. The summed E-state index contributed by atoms with van der Waals surface area (Å²) < 4.78 is 5.09. The number of pyridine rings is 1. The van der Waals surface area contributed by atoms with Gasteiger partial charge in [0.2, 0.25) is 0 Å². The number of rotatable bonds is 7. The van der Waals surface area contributed by atoms with Crippen molar-refractivity contribution in [1.29, 1.82) is 5.26 Å². The lowest BCUT2D eigenvalue weighted by molar-refractivity contribution is 0.144. The molecule has 0 amide bonds. The van der Waals surface area contributed by atoms with Crippen LogP contribution in [0, 0.1) is 25.2 Å². The minimum atomic E-state index is 0.504. The lowest BCUT2D eigenvalue weighted by atomic mass is 10.1. The third kappa shape index (κ3) is 4.51. The molecule has 0 saturated heterocycles. The fourth-order valence-corrected chi connectivity index (χ4v) is 1.86. The van der Waals surface area contributed by atoms with Crippen molar-refractivity contribution in [3.8, 4) is 6.07 Å². The minimum absolute atomic E-state index is 0.504. The Morgan fingerprint density at radius 2 is 2.16 bits per heavy atom. The van der Waals surface area contributed by atoms with Gasteiger partial charge in [-0.1, -0.05) is 0 Å². The molecule has 1 aromatic rings. The van der Waals surface area contributed by atoms with Crippen LogP contribution < -0.4 is 5.73 Å². The first-order valence-electron chi connectivity index (χ1n) is 6.39. The SMILES string of the molecule is COCCN(CCC#N)Cc1ncc(C)c(N)c1C. The number of nitrogens with two attached hydrogens (primary N) is 1. The lowest BCUT2D eigenvalue weighted by Crippen LogP contribution is -2.29. The molecule has 1 aromatic heterocycles. The number of anilines is 1. The fraction of sp³-hybridized carbons (Fsp3) is 0.571.